The third-order valence-corrected chi connectivity index (χ3v) is 3.09. The Morgan fingerprint density at radius 2 is 1.88 bits per heavy atom. The highest BCUT2D eigenvalue weighted by atomic mass is 35.5. The number of carbonyl (C=O) groups is 2. The number of aliphatic carboxylic acids is 2. The van der Waals surface area contributed by atoms with E-state index >= 15 is 0 Å². The number of carboxylic acids is 2. The molecule has 2 rings (SSSR count). The summed E-state index contributed by atoms with van der Waals surface area (Å²) in [6.45, 7) is 2.28. The number of alkyl halides is 3. The van der Waals surface area contributed by atoms with E-state index in [9.17, 15) is 18.0 Å². The smallest absolute Gasteiger partial charge is 0.481 e. The Balaban J connectivity index is 0.000000412. The summed E-state index contributed by atoms with van der Waals surface area (Å²) < 4.78 is 33.3. The molecule has 0 saturated heterocycles. The number of pyridine rings is 1. The van der Waals surface area contributed by atoms with Gasteiger partial charge in [0, 0.05) is 17.8 Å². The SMILES string of the molecule is Cc1cc(Cl)cnc1-c1cc[n+](CCC(=O)O)nc1.O=C(O)C(F)(F)F. The number of aryl methyl sites for hydroxylation is 2. The molecule has 0 unspecified atom stereocenters. The highest BCUT2D eigenvalue weighted by Gasteiger charge is 2.38. The second kappa shape index (κ2) is 9.09. The molecule has 0 atom stereocenters. The zero-order valence-electron chi connectivity index (χ0n) is 13.4. The normalized spacial score (nSPS) is 10.7. The van der Waals surface area contributed by atoms with Gasteiger partial charge in [-0.3, -0.25) is 9.78 Å². The van der Waals surface area contributed by atoms with Gasteiger partial charge in [-0.2, -0.15) is 13.2 Å². The van der Waals surface area contributed by atoms with Gasteiger partial charge in [-0.25, -0.2) is 4.79 Å². The molecule has 0 aliphatic rings. The molecule has 2 heterocycles. The molecular formula is C15H14ClF3N3O4+. The van der Waals surface area contributed by atoms with Gasteiger partial charge in [-0.05, 0) is 23.7 Å². The number of hydrogen-bond acceptors (Lipinski definition) is 4. The number of carboxylic acid groups (broad SMARTS) is 2. The van der Waals surface area contributed by atoms with Gasteiger partial charge in [0.1, 0.15) is 12.6 Å². The molecule has 11 heteroatoms. The van der Waals surface area contributed by atoms with Gasteiger partial charge in [-0.1, -0.05) is 16.3 Å². The second-order valence-corrected chi connectivity index (χ2v) is 5.38. The van der Waals surface area contributed by atoms with Crippen LogP contribution in [0.2, 0.25) is 5.02 Å². The summed E-state index contributed by atoms with van der Waals surface area (Å²) in [5.74, 6) is -3.60. The minimum Gasteiger partial charge on any atom is -0.481 e. The first-order valence-corrected chi connectivity index (χ1v) is 7.38. The number of aromatic nitrogens is 3. The molecule has 0 spiro atoms. The standard InChI is InChI=1S/C13H12ClN3O2.C2HF3O2/c1-9-6-11(14)8-15-13(9)10-2-4-17(16-7-10)5-3-12(18)19;3-2(4,5)1(6)7/h2,4,6-8H,3,5H2,1H3;(H,6,7)/p+1. The molecule has 2 aromatic rings. The number of hydrogen-bond donors (Lipinski definition) is 2. The Kier molecular flexibility index (Phi) is 7.44. The lowest BCUT2D eigenvalue weighted by Crippen LogP contribution is -2.38. The number of rotatable bonds is 4. The van der Waals surface area contributed by atoms with Gasteiger partial charge >= 0.3 is 18.1 Å². The van der Waals surface area contributed by atoms with Crippen molar-refractivity contribution in [3.8, 4) is 11.3 Å². The molecule has 140 valence electrons. The summed E-state index contributed by atoms with van der Waals surface area (Å²) in [5.41, 5.74) is 2.67. The van der Waals surface area contributed by atoms with Gasteiger partial charge in [0.25, 0.3) is 0 Å². The van der Waals surface area contributed by atoms with Gasteiger partial charge in [0.2, 0.25) is 0 Å². The van der Waals surface area contributed by atoms with E-state index in [1.165, 1.54) is 0 Å². The van der Waals surface area contributed by atoms with Crippen molar-refractivity contribution in [1.29, 1.82) is 0 Å². The summed E-state index contributed by atoms with van der Waals surface area (Å²) in [6.07, 6.45) is -0.0241. The van der Waals surface area contributed by atoms with Crippen molar-refractivity contribution >= 4 is 23.5 Å². The van der Waals surface area contributed by atoms with Gasteiger partial charge in [0.05, 0.1) is 10.7 Å². The molecule has 0 bridgehead atoms. The minimum atomic E-state index is -5.08. The van der Waals surface area contributed by atoms with E-state index in [-0.39, 0.29) is 6.42 Å². The van der Waals surface area contributed by atoms with Crippen LogP contribution in [0, 0.1) is 6.92 Å². The predicted molar refractivity (Wildman–Crippen MR) is 83.4 cm³/mol. The third-order valence-electron chi connectivity index (χ3n) is 2.89. The van der Waals surface area contributed by atoms with Crippen molar-refractivity contribution in [2.24, 2.45) is 0 Å². The summed E-state index contributed by atoms with van der Waals surface area (Å²) in [5, 5.41) is 20.5. The maximum Gasteiger partial charge on any atom is 0.490 e. The van der Waals surface area contributed by atoms with Crippen LogP contribution in [-0.4, -0.2) is 38.4 Å². The maximum absolute atomic E-state index is 10.6. The van der Waals surface area contributed by atoms with Crippen LogP contribution in [0.25, 0.3) is 11.3 Å². The van der Waals surface area contributed by atoms with Crippen molar-refractivity contribution in [1.82, 2.24) is 10.1 Å². The van der Waals surface area contributed by atoms with E-state index in [1.807, 2.05) is 19.1 Å². The Bertz CT molecular complexity index is 783. The summed E-state index contributed by atoms with van der Waals surface area (Å²) >= 11 is 5.86. The van der Waals surface area contributed by atoms with Crippen molar-refractivity contribution in [2.45, 2.75) is 26.1 Å². The van der Waals surface area contributed by atoms with Crippen LogP contribution in [0.1, 0.15) is 12.0 Å². The van der Waals surface area contributed by atoms with Crippen LogP contribution >= 0.6 is 11.6 Å². The second-order valence-electron chi connectivity index (χ2n) is 4.94. The first-order chi connectivity index (χ1) is 12.0. The van der Waals surface area contributed by atoms with Crippen molar-refractivity contribution < 1.29 is 37.7 Å². The van der Waals surface area contributed by atoms with Crippen LogP contribution in [0.15, 0.2) is 30.7 Å². The molecule has 7 nitrogen and oxygen atoms in total. The largest absolute Gasteiger partial charge is 0.490 e. The topological polar surface area (TPSA) is 104 Å². The molecule has 26 heavy (non-hydrogen) atoms. The average molecular weight is 393 g/mol. The van der Waals surface area contributed by atoms with E-state index in [0.29, 0.717) is 11.6 Å². The van der Waals surface area contributed by atoms with E-state index < -0.39 is 18.1 Å². The monoisotopic (exact) mass is 392 g/mol. The molecular weight excluding hydrogens is 379 g/mol. The van der Waals surface area contributed by atoms with Crippen molar-refractivity contribution in [2.75, 3.05) is 0 Å². The van der Waals surface area contributed by atoms with Gasteiger partial charge in [-0.15, -0.1) is 0 Å². The predicted octanol–water partition coefficient (Wildman–Crippen LogP) is 2.50. The lowest BCUT2D eigenvalue weighted by molar-refractivity contribution is -0.752. The average Bonchev–Trinajstić information content (AvgIpc) is 2.53. The number of halogens is 4. The zero-order chi connectivity index (χ0) is 19.9. The minimum absolute atomic E-state index is 0.0508. The zero-order valence-corrected chi connectivity index (χ0v) is 14.1. The fourth-order valence-corrected chi connectivity index (χ4v) is 1.92. The Morgan fingerprint density at radius 1 is 1.27 bits per heavy atom. The fraction of sp³-hybridized carbons (Fsp3) is 0.267. The summed E-state index contributed by atoms with van der Waals surface area (Å²) in [4.78, 5) is 23.6. The first kappa shape index (κ1) is 21.3. The molecule has 0 saturated carbocycles. The summed E-state index contributed by atoms with van der Waals surface area (Å²) in [6, 6.07) is 3.70. The molecule has 0 amide bonds. The van der Waals surface area contributed by atoms with Crippen molar-refractivity contribution in [3.05, 3.63) is 41.3 Å². The summed E-state index contributed by atoms with van der Waals surface area (Å²) in [7, 11) is 0. The van der Waals surface area contributed by atoms with E-state index in [4.69, 9.17) is 26.6 Å². The maximum atomic E-state index is 10.6. The quantitative estimate of drug-likeness (QED) is 0.775. The van der Waals surface area contributed by atoms with E-state index in [2.05, 4.69) is 10.1 Å². The van der Waals surface area contributed by atoms with Crippen LogP contribution in [0.5, 0.6) is 0 Å². The fourth-order valence-electron chi connectivity index (χ4n) is 1.71. The third kappa shape index (κ3) is 7.01. The molecule has 0 aromatic carbocycles. The lowest BCUT2D eigenvalue weighted by atomic mass is 10.1. The van der Waals surface area contributed by atoms with Crippen LogP contribution in [0.4, 0.5) is 13.2 Å². The number of nitrogens with zero attached hydrogens (tertiary/aromatic N) is 3. The van der Waals surface area contributed by atoms with Gasteiger partial charge in [0.15, 0.2) is 12.7 Å². The lowest BCUT2D eigenvalue weighted by Gasteiger charge is -2.03. The molecule has 0 fully saturated rings. The molecule has 0 aliphatic carbocycles. The van der Waals surface area contributed by atoms with Gasteiger partial charge < -0.3 is 10.2 Å². The highest BCUT2D eigenvalue weighted by Crippen LogP contribution is 2.21. The first-order valence-electron chi connectivity index (χ1n) is 7.01. The van der Waals surface area contributed by atoms with E-state index in [1.54, 1.807) is 23.3 Å². The Labute approximate surface area is 150 Å². The molecule has 0 aliphatic heterocycles. The van der Waals surface area contributed by atoms with Crippen molar-refractivity contribution in [3.63, 3.8) is 0 Å². The molecule has 2 N–H and O–H groups in total. The Morgan fingerprint density at radius 3 is 2.31 bits per heavy atom. The molecule has 0 radical (unpaired) electrons. The highest BCUT2D eigenvalue weighted by molar-refractivity contribution is 6.30. The molecule has 2 aromatic heterocycles. The van der Waals surface area contributed by atoms with E-state index in [0.717, 1.165) is 16.8 Å². The van der Waals surface area contributed by atoms with Crippen LogP contribution in [0.3, 0.4) is 0 Å². The Hall–Kier alpha value is -2.75. The van der Waals surface area contributed by atoms with Crippen LogP contribution in [-0.2, 0) is 16.1 Å². The van der Waals surface area contributed by atoms with Crippen LogP contribution < -0.4 is 4.68 Å².